The second kappa shape index (κ2) is 7.95. The number of anilines is 1. The highest BCUT2D eigenvalue weighted by molar-refractivity contribution is 7.89. The molecule has 136 valence electrons. The predicted molar refractivity (Wildman–Crippen MR) is 98.8 cm³/mol. The standard InChI is InChI=1S/C18H24FN3O2S/c1-21(2)16-10-8-14(9-11-16)18(22(3)4)13-20-25(23,24)17-7-5-6-15(19)12-17/h5-12,18,20H,13H2,1-4H3/t18-/m1/s1. The van der Waals surface area contributed by atoms with Crippen molar-refractivity contribution < 1.29 is 12.8 Å². The molecule has 0 saturated heterocycles. The average Bonchev–Trinajstić information content (AvgIpc) is 2.55. The van der Waals surface area contributed by atoms with E-state index in [1.54, 1.807) is 0 Å². The fourth-order valence-electron chi connectivity index (χ4n) is 2.50. The Kier molecular flexibility index (Phi) is 6.16. The molecule has 0 radical (unpaired) electrons. The molecule has 0 saturated carbocycles. The van der Waals surface area contributed by atoms with Crippen LogP contribution in [0.1, 0.15) is 11.6 Å². The van der Waals surface area contributed by atoms with Crippen molar-refractivity contribution in [3.8, 4) is 0 Å². The first kappa shape index (κ1) is 19.4. The number of rotatable bonds is 7. The highest BCUT2D eigenvalue weighted by Gasteiger charge is 2.20. The van der Waals surface area contributed by atoms with Gasteiger partial charge < -0.3 is 9.80 Å². The van der Waals surface area contributed by atoms with Crippen molar-refractivity contribution in [2.45, 2.75) is 10.9 Å². The molecule has 0 bridgehead atoms. The molecular formula is C18H24FN3O2S. The van der Waals surface area contributed by atoms with Crippen molar-refractivity contribution in [3.05, 3.63) is 59.9 Å². The van der Waals surface area contributed by atoms with E-state index in [4.69, 9.17) is 0 Å². The number of nitrogens with one attached hydrogen (secondary N) is 1. The Labute approximate surface area is 149 Å². The lowest BCUT2D eigenvalue weighted by Crippen LogP contribution is -2.34. The van der Waals surface area contributed by atoms with Gasteiger partial charge in [0.1, 0.15) is 5.82 Å². The molecule has 1 N–H and O–H groups in total. The minimum atomic E-state index is -3.77. The van der Waals surface area contributed by atoms with E-state index in [2.05, 4.69) is 4.72 Å². The average molecular weight is 365 g/mol. The first-order chi connectivity index (χ1) is 11.7. The molecule has 0 fully saturated rings. The number of benzene rings is 2. The van der Waals surface area contributed by atoms with Gasteiger partial charge in [-0.3, -0.25) is 0 Å². The summed E-state index contributed by atoms with van der Waals surface area (Å²) in [6, 6.07) is 12.8. The van der Waals surface area contributed by atoms with Crippen molar-refractivity contribution in [1.82, 2.24) is 9.62 Å². The van der Waals surface area contributed by atoms with Gasteiger partial charge in [0.25, 0.3) is 0 Å². The number of likely N-dealkylation sites (N-methyl/N-ethyl adjacent to an activating group) is 1. The molecule has 5 nitrogen and oxygen atoms in total. The Hall–Kier alpha value is -1.96. The lowest BCUT2D eigenvalue weighted by Gasteiger charge is -2.25. The van der Waals surface area contributed by atoms with Crippen LogP contribution in [0.2, 0.25) is 0 Å². The van der Waals surface area contributed by atoms with E-state index in [-0.39, 0.29) is 17.5 Å². The topological polar surface area (TPSA) is 52.7 Å². The summed E-state index contributed by atoms with van der Waals surface area (Å²) in [5.74, 6) is -0.577. The van der Waals surface area contributed by atoms with Crippen LogP contribution in [0.5, 0.6) is 0 Å². The van der Waals surface area contributed by atoms with E-state index in [0.717, 1.165) is 17.3 Å². The van der Waals surface area contributed by atoms with Crippen LogP contribution in [-0.4, -0.2) is 48.1 Å². The van der Waals surface area contributed by atoms with E-state index in [9.17, 15) is 12.8 Å². The summed E-state index contributed by atoms with van der Waals surface area (Å²) in [6.07, 6.45) is 0. The van der Waals surface area contributed by atoms with Crippen LogP contribution >= 0.6 is 0 Å². The molecule has 7 heteroatoms. The van der Waals surface area contributed by atoms with Gasteiger partial charge in [0.15, 0.2) is 0 Å². The van der Waals surface area contributed by atoms with Crippen molar-refractivity contribution in [2.75, 3.05) is 39.6 Å². The number of hydrogen-bond acceptors (Lipinski definition) is 4. The number of sulfonamides is 1. The quantitative estimate of drug-likeness (QED) is 0.819. The number of halogens is 1. The Morgan fingerprint density at radius 1 is 1.04 bits per heavy atom. The SMILES string of the molecule is CN(C)c1ccc([C@@H](CNS(=O)(=O)c2cccc(F)c2)N(C)C)cc1. The molecule has 2 rings (SSSR count). The molecule has 0 aliphatic heterocycles. The number of nitrogens with zero attached hydrogens (tertiary/aromatic N) is 2. The van der Waals surface area contributed by atoms with E-state index in [0.29, 0.717) is 0 Å². The maximum Gasteiger partial charge on any atom is 0.240 e. The van der Waals surface area contributed by atoms with Crippen LogP contribution in [0.15, 0.2) is 53.4 Å². The van der Waals surface area contributed by atoms with Crippen LogP contribution in [0.3, 0.4) is 0 Å². The van der Waals surface area contributed by atoms with Crippen molar-refractivity contribution in [1.29, 1.82) is 0 Å². The van der Waals surface area contributed by atoms with Crippen LogP contribution in [0, 0.1) is 5.82 Å². The van der Waals surface area contributed by atoms with Gasteiger partial charge in [-0.2, -0.15) is 0 Å². The first-order valence-corrected chi connectivity index (χ1v) is 9.38. The monoisotopic (exact) mass is 365 g/mol. The minimum Gasteiger partial charge on any atom is -0.378 e. The van der Waals surface area contributed by atoms with Gasteiger partial charge in [0.05, 0.1) is 4.90 Å². The molecule has 2 aromatic rings. The molecule has 0 aliphatic rings. The van der Waals surface area contributed by atoms with E-state index >= 15 is 0 Å². The summed E-state index contributed by atoms with van der Waals surface area (Å²) in [7, 11) is 3.94. The Balaban J connectivity index is 2.17. The van der Waals surface area contributed by atoms with E-state index < -0.39 is 15.8 Å². The second-order valence-electron chi connectivity index (χ2n) is 6.27. The lowest BCUT2D eigenvalue weighted by atomic mass is 10.1. The summed E-state index contributed by atoms with van der Waals surface area (Å²) in [4.78, 5) is 3.87. The van der Waals surface area contributed by atoms with Crippen molar-refractivity contribution in [3.63, 3.8) is 0 Å². The predicted octanol–water partition coefficient (Wildman–Crippen LogP) is 2.47. The van der Waals surface area contributed by atoms with Crippen LogP contribution in [-0.2, 0) is 10.0 Å². The van der Waals surface area contributed by atoms with Crippen molar-refractivity contribution in [2.24, 2.45) is 0 Å². The fraction of sp³-hybridized carbons (Fsp3) is 0.333. The Morgan fingerprint density at radius 3 is 2.20 bits per heavy atom. The third-order valence-electron chi connectivity index (χ3n) is 3.99. The summed E-state index contributed by atoms with van der Waals surface area (Å²) in [5, 5.41) is 0. The largest absolute Gasteiger partial charge is 0.378 e. The van der Waals surface area contributed by atoms with Gasteiger partial charge in [-0.1, -0.05) is 18.2 Å². The zero-order valence-electron chi connectivity index (χ0n) is 14.9. The smallest absolute Gasteiger partial charge is 0.240 e. The van der Waals surface area contributed by atoms with Gasteiger partial charge in [0.2, 0.25) is 10.0 Å². The highest BCUT2D eigenvalue weighted by Crippen LogP contribution is 2.21. The second-order valence-corrected chi connectivity index (χ2v) is 8.04. The summed E-state index contributed by atoms with van der Waals surface area (Å²) >= 11 is 0. The van der Waals surface area contributed by atoms with Gasteiger partial charge in [-0.15, -0.1) is 0 Å². The van der Waals surface area contributed by atoms with Gasteiger partial charge in [-0.05, 0) is 50.0 Å². The molecular weight excluding hydrogens is 341 g/mol. The van der Waals surface area contributed by atoms with Gasteiger partial charge in [-0.25, -0.2) is 17.5 Å². The van der Waals surface area contributed by atoms with E-state index in [1.807, 2.05) is 62.3 Å². The third kappa shape index (κ3) is 5.01. The van der Waals surface area contributed by atoms with Crippen LogP contribution in [0.4, 0.5) is 10.1 Å². The molecule has 0 unspecified atom stereocenters. The third-order valence-corrected chi connectivity index (χ3v) is 5.41. The molecule has 1 atom stereocenters. The molecule has 25 heavy (non-hydrogen) atoms. The minimum absolute atomic E-state index is 0.0760. The molecule has 0 amide bonds. The van der Waals surface area contributed by atoms with E-state index in [1.165, 1.54) is 18.2 Å². The summed E-state index contributed by atoms with van der Waals surface area (Å²) in [6.45, 7) is 0.188. The maximum atomic E-state index is 13.3. The highest BCUT2D eigenvalue weighted by atomic mass is 32.2. The summed E-state index contributed by atoms with van der Waals surface area (Å²) < 4.78 is 40.6. The lowest BCUT2D eigenvalue weighted by molar-refractivity contribution is 0.299. The fourth-order valence-corrected chi connectivity index (χ4v) is 3.57. The molecule has 0 heterocycles. The molecule has 0 aromatic heterocycles. The zero-order chi connectivity index (χ0) is 18.6. The Bertz CT molecular complexity index is 805. The zero-order valence-corrected chi connectivity index (χ0v) is 15.7. The summed E-state index contributed by atoms with van der Waals surface area (Å²) in [5.41, 5.74) is 2.07. The van der Waals surface area contributed by atoms with Crippen molar-refractivity contribution >= 4 is 15.7 Å². The maximum absolute atomic E-state index is 13.3. The molecule has 2 aromatic carbocycles. The van der Waals surface area contributed by atoms with Gasteiger partial charge in [0, 0.05) is 32.4 Å². The Morgan fingerprint density at radius 2 is 1.68 bits per heavy atom. The molecule has 0 aliphatic carbocycles. The van der Waals surface area contributed by atoms with Gasteiger partial charge >= 0.3 is 0 Å². The first-order valence-electron chi connectivity index (χ1n) is 7.89. The van der Waals surface area contributed by atoms with Crippen LogP contribution < -0.4 is 9.62 Å². The number of hydrogen-bond donors (Lipinski definition) is 1. The normalized spacial score (nSPS) is 13.0. The van der Waals surface area contributed by atoms with Crippen LogP contribution in [0.25, 0.3) is 0 Å². The molecule has 0 spiro atoms.